The second kappa shape index (κ2) is 6.19. The Morgan fingerprint density at radius 3 is 3.04 bits per heavy atom. The summed E-state index contributed by atoms with van der Waals surface area (Å²) in [5.74, 6) is 0.624. The first-order chi connectivity index (χ1) is 12.8. The molecule has 5 rings (SSSR count). The van der Waals surface area contributed by atoms with Crippen molar-refractivity contribution in [3.05, 3.63) is 48.5 Å². The molecule has 7 nitrogen and oxygen atoms in total. The monoisotopic (exact) mass is 347 g/mol. The van der Waals surface area contributed by atoms with Gasteiger partial charge in [0.2, 0.25) is 0 Å². The van der Waals surface area contributed by atoms with E-state index in [0.717, 1.165) is 53.9 Å². The fourth-order valence-corrected chi connectivity index (χ4v) is 3.93. The third kappa shape index (κ3) is 2.56. The van der Waals surface area contributed by atoms with Crippen LogP contribution < -0.4 is 5.73 Å². The number of rotatable bonds is 4. The minimum atomic E-state index is 0.624. The molecule has 7 heteroatoms. The van der Waals surface area contributed by atoms with E-state index in [9.17, 15) is 0 Å². The summed E-state index contributed by atoms with van der Waals surface area (Å²) in [5.41, 5.74) is 11.1. The molecule has 1 aliphatic rings. The lowest BCUT2D eigenvalue weighted by Crippen LogP contribution is -2.22. The summed E-state index contributed by atoms with van der Waals surface area (Å²) in [6, 6.07) is 8.23. The second-order valence-corrected chi connectivity index (χ2v) is 7.00. The van der Waals surface area contributed by atoms with E-state index in [1.807, 2.05) is 30.6 Å². The van der Waals surface area contributed by atoms with Gasteiger partial charge in [0.05, 0.1) is 11.7 Å². The van der Waals surface area contributed by atoms with E-state index in [4.69, 9.17) is 5.73 Å². The molecule has 0 bridgehead atoms. The Kier molecular flexibility index (Phi) is 3.69. The first-order valence-corrected chi connectivity index (χ1v) is 9.00. The number of aromatic nitrogens is 5. The Labute approximate surface area is 150 Å². The number of hydrogen-bond donors (Lipinski definition) is 2. The van der Waals surface area contributed by atoms with Crippen molar-refractivity contribution in [2.45, 2.75) is 13.0 Å². The van der Waals surface area contributed by atoms with Crippen LogP contribution in [0.1, 0.15) is 12.1 Å². The fraction of sp³-hybridized carbons (Fsp3) is 0.316. The van der Waals surface area contributed by atoms with Gasteiger partial charge < -0.3 is 10.7 Å². The highest BCUT2D eigenvalue weighted by Gasteiger charge is 2.22. The first-order valence-electron chi connectivity index (χ1n) is 9.00. The molecule has 1 aliphatic heterocycles. The molecule has 1 fully saturated rings. The smallest absolute Gasteiger partial charge is 0.138 e. The Hall–Kier alpha value is -2.77. The molecule has 0 spiro atoms. The lowest BCUT2D eigenvalue weighted by atomic mass is 10.1. The van der Waals surface area contributed by atoms with Crippen LogP contribution in [0, 0.1) is 5.92 Å². The Balaban J connectivity index is 1.52. The van der Waals surface area contributed by atoms with E-state index in [1.165, 1.54) is 12.1 Å². The van der Waals surface area contributed by atoms with Crippen LogP contribution in [0.2, 0.25) is 0 Å². The van der Waals surface area contributed by atoms with Gasteiger partial charge in [0.1, 0.15) is 5.65 Å². The predicted molar refractivity (Wildman–Crippen MR) is 101 cm³/mol. The van der Waals surface area contributed by atoms with E-state index in [1.54, 1.807) is 10.8 Å². The highest BCUT2D eigenvalue weighted by molar-refractivity contribution is 5.97. The molecule has 1 saturated heterocycles. The number of pyridine rings is 1. The van der Waals surface area contributed by atoms with Gasteiger partial charge in [0, 0.05) is 42.1 Å². The summed E-state index contributed by atoms with van der Waals surface area (Å²) in [6.07, 6.45) is 6.65. The molecule has 0 saturated carbocycles. The maximum absolute atomic E-state index is 5.81. The van der Waals surface area contributed by atoms with Gasteiger partial charge in [-0.1, -0.05) is 0 Å². The third-order valence-electron chi connectivity index (χ3n) is 5.28. The highest BCUT2D eigenvalue weighted by Crippen LogP contribution is 2.31. The Morgan fingerprint density at radius 1 is 1.19 bits per heavy atom. The quantitative estimate of drug-likeness (QED) is 0.590. The van der Waals surface area contributed by atoms with Crippen LogP contribution in [-0.2, 0) is 6.54 Å². The number of nitrogens with one attached hydrogen (secondary N) is 1. The maximum atomic E-state index is 5.81. The van der Waals surface area contributed by atoms with Crippen molar-refractivity contribution in [2.24, 2.45) is 11.7 Å². The van der Waals surface area contributed by atoms with E-state index in [-0.39, 0.29) is 0 Å². The van der Waals surface area contributed by atoms with Gasteiger partial charge in [0.25, 0.3) is 0 Å². The summed E-state index contributed by atoms with van der Waals surface area (Å²) in [5, 5.41) is 9.75. The van der Waals surface area contributed by atoms with Crippen LogP contribution in [0.15, 0.2) is 42.9 Å². The number of aromatic amines is 1. The van der Waals surface area contributed by atoms with Gasteiger partial charge in [-0.15, -0.1) is 0 Å². The summed E-state index contributed by atoms with van der Waals surface area (Å²) in [7, 11) is 0. The average molecular weight is 347 g/mol. The van der Waals surface area contributed by atoms with Crippen molar-refractivity contribution in [2.75, 3.05) is 19.6 Å². The SMILES string of the molecule is NCC1CCN(Cc2cc3c(-c4cnn5ncccc45)ccnc3[nH]2)C1. The molecule has 0 radical (unpaired) electrons. The molecule has 0 aromatic carbocycles. The van der Waals surface area contributed by atoms with Crippen molar-refractivity contribution >= 4 is 16.6 Å². The van der Waals surface area contributed by atoms with E-state index < -0.39 is 0 Å². The number of nitrogens with zero attached hydrogens (tertiary/aromatic N) is 5. The number of nitrogens with two attached hydrogens (primary N) is 1. The van der Waals surface area contributed by atoms with Crippen LogP contribution in [0.5, 0.6) is 0 Å². The minimum absolute atomic E-state index is 0.624. The zero-order valence-corrected chi connectivity index (χ0v) is 14.5. The lowest BCUT2D eigenvalue weighted by molar-refractivity contribution is 0.315. The largest absolute Gasteiger partial charge is 0.342 e. The highest BCUT2D eigenvalue weighted by atomic mass is 15.4. The molecule has 0 aliphatic carbocycles. The topological polar surface area (TPSA) is 88.1 Å². The molecule has 3 N–H and O–H groups in total. The molecule has 132 valence electrons. The van der Waals surface area contributed by atoms with E-state index in [0.29, 0.717) is 5.92 Å². The number of hydrogen-bond acceptors (Lipinski definition) is 5. The fourth-order valence-electron chi connectivity index (χ4n) is 3.93. The second-order valence-electron chi connectivity index (χ2n) is 7.00. The predicted octanol–water partition coefficient (Wildman–Crippen LogP) is 2.05. The molecule has 26 heavy (non-hydrogen) atoms. The van der Waals surface area contributed by atoms with Crippen molar-refractivity contribution in [3.63, 3.8) is 0 Å². The summed E-state index contributed by atoms with van der Waals surface area (Å²) < 4.78 is 1.66. The molecular weight excluding hydrogens is 326 g/mol. The third-order valence-corrected chi connectivity index (χ3v) is 5.28. The zero-order valence-electron chi connectivity index (χ0n) is 14.5. The minimum Gasteiger partial charge on any atom is -0.342 e. The molecule has 1 atom stereocenters. The first kappa shape index (κ1) is 15.5. The van der Waals surface area contributed by atoms with Gasteiger partial charge in [-0.05, 0) is 55.3 Å². The van der Waals surface area contributed by atoms with Crippen LogP contribution in [0.25, 0.3) is 27.7 Å². The number of likely N-dealkylation sites (tertiary alicyclic amines) is 1. The van der Waals surface area contributed by atoms with Gasteiger partial charge in [-0.2, -0.15) is 14.8 Å². The molecule has 1 unspecified atom stereocenters. The average Bonchev–Trinajstić information content (AvgIpc) is 3.39. The van der Waals surface area contributed by atoms with Gasteiger partial charge in [-0.25, -0.2) is 4.98 Å². The van der Waals surface area contributed by atoms with Gasteiger partial charge >= 0.3 is 0 Å². The molecule has 4 aromatic heterocycles. The maximum Gasteiger partial charge on any atom is 0.138 e. The van der Waals surface area contributed by atoms with Crippen LogP contribution in [-0.4, -0.2) is 49.3 Å². The summed E-state index contributed by atoms with van der Waals surface area (Å²) >= 11 is 0. The van der Waals surface area contributed by atoms with Gasteiger partial charge in [-0.3, -0.25) is 4.90 Å². The standard InChI is InChI=1S/C19H21N7/c20-9-13-4-7-25(11-13)12-14-8-16-15(3-6-21-19(16)24-14)17-10-23-26-18(17)2-1-5-22-26/h1-3,5-6,8,10,13H,4,7,9,11-12,20H2,(H,21,24). The zero-order chi connectivity index (χ0) is 17.5. The van der Waals surface area contributed by atoms with Crippen molar-refractivity contribution in [1.82, 2.24) is 29.7 Å². The van der Waals surface area contributed by atoms with Crippen LogP contribution in [0.3, 0.4) is 0 Å². The molecule has 0 amide bonds. The Morgan fingerprint density at radius 2 is 2.15 bits per heavy atom. The van der Waals surface area contributed by atoms with E-state index in [2.05, 4.69) is 31.1 Å². The van der Waals surface area contributed by atoms with Crippen LogP contribution >= 0.6 is 0 Å². The van der Waals surface area contributed by atoms with Gasteiger partial charge in [0.15, 0.2) is 0 Å². The van der Waals surface area contributed by atoms with Crippen molar-refractivity contribution < 1.29 is 0 Å². The number of H-pyrrole nitrogens is 1. The van der Waals surface area contributed by atoms with E-state index >= 15 is 0 Å². The molecule has 4 aromatic rings. The number of fused-ring (bicyclic) bond motifs is 2. The summed E-state index contributed by atoms with van der Waals surface area (Å²) in [6.45, 7) is 3.86. The van der Waals surface area contributed by atoms with Crippen molar-refractivity contribution in [1.29, 1.82) is 0 Å². The lowest BCUT2D eigenvalue weighted by Gasteiger charge is -2.14. The summed E-state index contributed by atoms with van der Waals surface area (Å²) in [4.78, 5) is 10.5. The Bertz CT molecular complexity index is 1060. The molecule has 5 heterocycles. The molecular formula is C19H21N7. The normalized spacial score (nSPS) is 18.3. The van der Waals surface area contributed by atoms with Crippen molar-refractivity contribution in [3.8, 4) is 11.1 Å². The van der Waals surface area contributed by atoms with Crippen LogP contribution in [0.4, 0.5) is 0 Å².